The van der Waals surface area contributed by atoms with Gasteiger partial charge in [0.2, 0.25) is 11.8 Å². The molecule has 1 unspecified atom stereocenters. The van der Waals surface area contributed by atoms with Crippen molar-refractivity contribution in [3.8, 4) is 5.75 Å². The van der Waals surface area contributed by atoms with Crippen LogP contribution in [0.4, 0.5) is 5.69 Å². The molecule has 0 aromatic heterocycles. The summed E-state index contributed by atoms with van der Waals surface area (Å²) in [4.78, 5) is 53.3. The molecule has 0 saturated carbocycles. The molecule has 0 spiro atoms. The minimum Gasteiger partial charge on any atom is -0.497 e. The minimum absolute atomic E-state index is 0.0240. The Morgan fingerprint density at radius 1 is 0.929 bits per heavy atom. The van der Waals surface area contributed by atoms with Crippen molar-refractivity contribution in [2.75, 3.05) is 25.2 Å². The van der Waals surface area contributed by atoms with Gasteiger partial charge in [-0.2, -0.15) is 8.42 Å². The van der Waals surface area contributed by atoms with E-state index in [1.165, 1.54) is 18.2 Å². The Morgan fingerprint density at radius 2 is 1.62 bits per heavy atom. The van der Waals surface area contributed by atoms with Crippen molar-refractivity contribution in [2.45, 2.75) is 37.2 Å². The summed E-state index contributed by atoms with van der Waals surface area (Å²) in [5, 5.41) is 2.18. The zero-order valence-electron chi connectivity index (χ0n) is 23.0. The number of methoxy groups -OCH3 is 1. The van der Waals surface area contributed by atoms with Gasteiger partial charge in [0.05, 0.1) is 29.7 Å². The lowest BCUT2D eigenvalue weighted by atomic mass is 10.0. The van der Waals surface area contributed by atoms with Crippen LogP contribution >= 0.6 is 0 Å². The molecule has 0 bridgehead atoms. The topological polar surface area (TPSA) is 139 Å². The number of benzene rings is 3. The lowest BCUT2D eigenvalue weighted by Crippen LogP contribution is -2.54. The number of imide groups is 2. The Balaban J connectivity index is 1.39. The van der Waals surface area contributed by atoms with E-state index in [1.54, 1.807) is 43.5 Å². The van der Waals surface area contributed by atoms with E-state index >= 15 is 0 Å². The molecular formula is C30H29N3O8S. The van der Waals surface area contributed by atoms with Crippen molar-refractivity contribution >= 4 is 39.4 Å². The second-order valence-electron chi connectivity index (χ2n) is 10.0. The van der Waals surface area contributed by atoms with Crippen LogP contribution in [0.15, 0.2) is 71.6 Å². The number of amides is 4. The first kappa shape index (κ1) is 29.0. The molecular weight excluding hydrogens is 562 g/mol. The Labute approximate surface area is 243 Å². The van der Waals surface area contributed by atoms with E-state index in [0.29, 0.717) is 18.0 Å². The highest BCUT2D eigenvalue weighted by Gasteiger charge is 2.44. The number of hydrogen-bond acceptors (Lipinski definition) is 9. The quantitative estimate of drug-likeness (QED) is 0.278. The van der Waals surface area contributed by atoms with E-state index in [0.717, 1.165) is 16.0 Å². The fourth-order valence-electron chi connectivity index (χ4n) is 4.94. The fraction of sp³-hybridized carbons (Fsp3) is 0.267. The van der Waals surface area contributed by atoms with Crippen LogP contribution < -0.4 is 15.0 Å². The van der Waals surface area contributed by atoms with Crippen molar-refractivity contribution in [1.29, 1.82) is 0 Å². The molecule has 12 heteroatoms. The Morgan fingerprint density at radius 3 is 2.29 bits per heavy atom. The van der Waals surface area contributed by atoms with Crippen molar-refractivity contribution in [1.82, 2.24) is 10.2 Å². The maximum Gasteiger partial charge on any atom is 0.297 e. The number of aryl methyl sites for hydroxylation is 1. The van der Waals surface area contributed by atoms with Crippen LogP contribution in [0.2, 0.25) is 0 Å². The van der Waals surface area contributed by atoms with Gasteiger partial charge < -0.3 is 9.64 Å². The SMILES string of the molecule is COc1ccc(CN(CCOS(=O)(=O)c2ccc(C)cc2)c2ccc3c(c2)C(=O)N(C2CCC(=O)NC2=O)C3=O)cc1. The van der Waals surface area contributed by atoms with Crippen molar-refractivity contribution in [2.24, 2.45) is 0 Å². The number of hydrogen-bond donors (Lipinski definition) is 1. The summed E-state index contributed by atoms with van der Waals surface area (Å²) in [6.45, 7) is 2.14. The molecule has 3 aromatic rings. The van der Waals surface area contributed by atoms with Gasteiger partial charge in [0, 0.05) is 25.2 Å². The molecule has 0 radical (unpaired) electrons. The van der Waals surface area contributed by atoms with Gasteiger partial charge in [-0.1, -0.05) is 29.8 Å². The monoisotopic (exact) mass is 591 g/mol. The lowest BCUT2D eigenvalue weighted by molar-refractivity contribution is -0.136. The van der Waals surface area contributed by atoms with E-state index in [-0.39, 0.29) is 42.0 Å². The standard InChI is InChI=1S/C30H29N3O8S/c1-19-3-10-23(11-4-19)42(38,39)41-16-15-32(18-20-5-8-22(40-2)9-6-20)21-7-12-24-25(17-21)30(37)33(29(24)36)26-13-14-27(34)31-28(26)35/h3-12,17,26H,13-16,18H2,1-2H3,(H,31,34,35). The van der Waals surface area contributed by atoms with E-state index in [2.05, 4.69) is 5.32 Å². The first-order chi connectivity index (χ1) is 20.1. The zero-order valence-corrected chi connectivity index (χ0v) is 23.8. The predicted molar refractivity (Wildman–Crippen MR) is 151 cm³/mol. The number of nitrogens with one attached hydrogen (secondary N) is 1. The summed E-state index contributed by atoms with van der Waals surface area (Å²) in [7, 11) is -2.44. The molecule has 2 heterocycles. The second kappa shape index (κ2) is 11.7. The molecule has 218 valence electrons. The summed E-state index contributed by atoms with van der Waals surface area (Å²) >= 11 is 0. The average Bonchev–Trinajstić information content (AvgIpc) is 3.22. The third-order valence-corrected chi connectivity index (χ3v) is 8.56. The zero-order chi connectivity index (χ0) is 30.0. The second-order valence-corrected chi connectivity index (χ2v) is 11.7. The molecule has 2 aliphatic rings. The fourth-order valence-corrected chi connectivity index (χ4v) is 5.84. The van der Waals surface area contributed by atoms with E-state index in [9.17, 15) is 27.6 Å². The highest BCUT2D eigenvalue weighted by atomic mass is 32.2. The van der Waals surface area contributed by atoms with Crippen molar-refractivity contribution in [3.05, 3.63) is 89.0 Å². The van der Waals surface area contributed by atoms with Crippen molar-refractivity contribution in [3.63, 3.8) is 0 Å². The predicted octanol–water partition coefficient (Wildman–Crippen LogP) is 2.82. The number of anilines is 1. The summed E-state index contributed by atoms with van der Waals surface area (Å²) < 4.78 is 36.1. The van der Waals surface area contributed by atoms with Crippen LogP contribution in [0, 0.1) is 6.92 Å². The third-order valence-electron chi connectivity index (χ3n) is 7.23. The van der Waals surface area contributed by atoms with Crippen LogP contribution in [0.5, 0.6) is 5.75 Å². The number of fused-ring (bicyclic) bond motifs is 1. The summed E-state index contributed by atoms with van der Waals surface area (Å²) in [5.74, 6) is -1.70. The van der Waals surface area contributed by atoms with Gasteiger partial charge in [0.25, 0.3) is 21.9 Å². The van der Waals surface area contributed by atoms with Crippen LogP contribution in [0.3, 0.4) is 0 Å². The molecule has 1 saturated heterocycles. The van der Waals surface area contributed by atoms with Crippen LogP contribution in [-0.2, 0) is 30.4 Å². The molecule has 3 aromatic carbocycles. The van der Waals surface area contributed by atoms with Gasteiger partial charge in [-0.25, -0.2) is 0 Å². The van der Waals surface area contributed by atoms with E-state index in [1.807, 2.05) is 24.0 Å². The number of nitrogens with zero attached hydrogens (tertiary/aromatic N) is 2. The molecule has 11 nitrogen and oxygen atoms in total. The van der Waals surface area contributed by atoms with Crippen molar-refractivity contribution < 1.29 is 36.5 Å². The van der Waals surface area contributed by atoms with Gasteiger partial charge in [-0.05, 0) is 61.4 Å². The molecule has 0 aliphatic carbocycles. The van der Waals surface area contributed by atoms with Gasteiger partial charge in [0.15, 0.2) is 0 Å². The van der Waals surface area contributed by atoms with Crippen LogP contribution in [0.25, 0.3) is 0 Å². The summed E-state index contributed by atoms with van der Waals surface area (Å²) in [5.41, 5.74) is 2.61. The molecule has 42 heavy (non-hydrogen) atoms. The smallest absolute Gasteiger partial charge is 0.297 e. The van der Waals surface area contributed by atoms with Gasteiger partial charge in [0.1, 0.15) is 11.8 Å². The first-order valence-electron chi connectivity index (χ1n) is 13.3. The number of piperidine rings is 1. The molecule has 1 N–H and O–H groups in total. The third kappa shape index (κ3) is 5.90. The lowest BCUT2D eigenvalue weighted by Gasteiger charge is -2.27. The van der Waals surface area contributed by atoms with Gasteiger partial charge in [-0.15, -0.1) is 0 Å². The Hall–Kier alpha value is -4.55. The summed E-state index contributed by atoms with van der Waals surface area (Å²) in [6, 6.07) is 17.3. The van der Waals surface area contributed by atoms with Crippen LogP contribution in [-0.4, -0.2) is 63.2 Å². The van der Waals surface area contributed by atoms with Crippen LogP contribution in [0.1, 0.15) is 44.7 Å². The highest BCUT2D eigenvalue weighted by Crippen LogP contribution is 2.31. The van der Waals surface area contributed by atoms with E-state index < -0.39 is 39.8 Å². The number of rotatable bonds is 10. The van der Waals surface area contributed by atoms with E-state index in [4.69, 9.17) is 8.92 Å². The molecule has 4 amide bonds. The first-order valence-corrected chi connectivity index (χ1v) is 14.7. The maximum atomic E-state index is 13.4. The maximum absolute atomic E-state index is 13.4. The minimum atomic E-state index is -4.00. The van der Waals surface area contributed by atoms with Gasteiger partial charge in [-0.3, -0.25) is 33.6 Å². The summed E-state index contributed by atoms with van der Waals surface area (Å²) in [6.07, 6.45) is 0.0789. The normalized spacial score (nSPS) is 16.8. The number of ether oxygens (including phenoxy) is 1. The molecule has 2 aliphatic heterocycles. The Kier molecular flexibility index (Phi) is 8.10. The Bertz CT molecular complexity index is 1650. The highest BCUT2D eigenvalue weighted by molar-refractivity contribution is 7.86. The average molecular weight is 592 g/mol. The number of carbonyl (C=O) groups is 4. The molecule has 5 rings (SSSR count). The number of carbonyl (C=O) groups excluding carboxylic acids is 4. The van der Waals surface area contributed by atoms with Gasteiger partial charge >= 0.3 is 0 Å². The largest absolute Gasteiger partial charge is 0.497 e. The molecule has 1 fully saturated rings. The molecule has 1 atom stereocenters.